The van der Waals surface area contributed by atoms with Gasteiger partial charge in [-0.05, 0) is 48.9 Å². The van der Waals surface area contributed by atoms with Crippen LogP contribution in [-0.2, 0) is 4.74 Å². The molecule has 158 valence electrons. The highest BCUT2D eigenvalue weighted by Gasteiger charge is 2.17. The molecule has 1 amide bonds. The smallest absolute Gasteiger partial charge is 0.258 e. The monoisotopic (exact) mass is 420 g/mol. The number of hydrogen-bond donors (Lipinski definition) is 2. The van der Waals surface area contributed by atoms with Crippen LogP contribution in [0.25, 0.3) is 0 Å². The van der Waals surface area contributed by atoms with Crippen LogP contribution in [0.2, 0.25) is 0 Å². The summed E-state index contributed by atoms with van der Waals surface area (Å²) in [5.74, 6) is -0.133. The summed E-state index contributed by atoms with van der Waals surface area (Å²) in [7, 11) is 1.56. The number of ether oxygens (including phenoxy) is 1. The number of guanidine groups is 1. The van der Waals surface area contributed by atoms with E-state index in [1.165, 1.54) is 12.1 Å². The summed E-state index contributed by atoms with van der Waals surface area (Å²) in [4.78, 5) is 21.5. The molecule has 0 spiro atoms. The van der Waals surface area contributed by atoms with Gasteiger partial charge in [-0.1, -0.05) is 12.1 Å². The number of amidine groups is 1. The van der Waals surface area contributed by atoms with Crippen LogP contribution in [-0.4, -0.2) is 43.2 Å². The van der Waals surface area contributed by atoms with Crippen molar-refractivity contribution < 1.29 is 13.9 Å². The maximum absolute atomic E-state index is 13.1. The van der Waals surface area contributed by atoms with Crippen molar-refractivity contribution in [2.75, 3.05) is 13.7 Å². The van der Waals surface area contributed by atoms with E-state index in [1.807, 2.05) is 13.0 Å². The first-order valence-electron chi connectivity index (χ1n) is 9.53. The Kier molecular flexibility index (Phi) is 7.19. The zero-order valence-electron chi connectivity index (χ0n) is 17.1. The molecule has 1 atom stereocenters. The number of aliphatic imine (C=N–C) groups is 2. The largest absolute Gasteiger partial charge is 0.382 e. The van der Waals surface area contributed by atoms with Crippen molar-refractivity contribution >= 4 is 23.4 Å². The highest BCUT2D eigenvalue weighted by atomic mass is 19.1. The molecule has 0 aliphatic carbocycles. The average molecular weight is 420 g/mol. The van der Waals surface area contributed by atoms with Gasteiger partial charge in [0.25, 0.3) is 5.91 Å². The van der Waals surface area contributed by atoms with Crippen LogP contribution in [0.1, 0.15) is 34.8 Å². The molecule has 9 heteroatoms. The number of amides is 1. The Labute approximate surface area is 179 Å². The van der Waals surface area contributed by atoms with Crippen molar-refractivity contribution in [1.82, 2.24) is 10.7 Å². The van der Waals surface area contributed by atoms with E-state index >= 15 is 0 Å². The van der Waals surface area contributed by atoms with Crippen LogP contribution < -0.4 is 10.7 Å². The Bertz CT molecular complexity index is 1070. The Hall–Kier alpha value is -3.90. The van der Waals surface area contributed by atoms with Crippen molar-refractivity contribution in [3.8, 4) is 6.07 Å². The summed E-state index contributed by atoms with van der Waals surface area (Å²) in [6, 6.07) is 14.0. The molecule has 1 aliphatic rings. The van der Waals surface area contributed by atoms with Crippen LogP contribution in [0.4, 0.5) is 4.39 Å². The average Bonchev–Trinajstić information content (AvgIpc) is 3.22. The van der Waals surface area contributed by atoms with E-state index in [4.69, 9.17) is 10.00 Å². The molecule has 0 unspecified atom stereocenters. The Balaban J connectivity index is 1.77. The first-order chi connectivity index (χ1) is 15.0. The SMILES string of the molecule is COC[C@H](C)N=C(N=C1CC(c2ccc(F)cc2)=NN1)NC(=O)c1ccc(C#N)cc1. The fraction of sp³-hybridized carbons (Fsp3) is 0.227. The number of nitriles is 1. The van der Waals surface area contributed by atoms with Crippen molar-refractivity contribution in [2.45, 2.75) is 19.4 Å². The molecule has 1 aliphatic heterocycles. The summed E-state index contributed by atoms with van der Waals surface area (Å²) in [6.45, 7) is 2.19. The Morgan fingerprint density at radius 2 is 2.00 bits per heavy atom. The van der Waals surface area contributed by atoms with Gasteiger partial charge in [0.15, 0.2) is 0 Å². The molecule has 0 fully saturated rings. The van der Waals surface area contributed by atoms with E-state index in [1.54, 1.807) is 43.5 Å². The molecule has 3 rings (SSSR count). The maximum Gasteiger partial charge on any atom is 0.258 e. The van der Waals surface area contributed by atoms with Gasteiger partial charge < -0.3 is 4.74 Å². The number of hydrogen-bond acceptors (Lipinski definition) is 5. The lowest BCUT2D eigenvalue weighted by atomic mass is 10.1. The fourth-order valence-corrected chi connectivity index (χ4v) is 2.82. The summed E-state index contributed by atoms with van der Waals surface area (Å²) < 4.78 is 18.3. The topological polar surface area (TPSA) is 111 Å². The van der Waals surface area contributed by atoms with Gasteiger partial charge in [-0.2, -0.15) is 15.4 Å². The van der Waals surface area contributed by atoms with E-state index in [9.17, 15) is 9.18 Å². The third-order valence-corrected chi connectivity index (χ3v) is 4.33. The molecule has 0 aromatic heterocycles. The van der Waals surface area contributed by atoms with Crippen LogP contribution in [0, 0.1) is 17.1 Å². The molecule has 0 radical (unpaired) electrons. The predicted molar refractivity (Wildman–Crippen MR) is 116 cm³/mol. The van der Waals surface area contributed by atoms with Crippen LogP contribution in [0.15, 0.2) is 63.6 Å². The lowest BCUT2D eigenvalue weighted by Crippen LogP contribution is -2.32. The minimum Gasteiger partial charge on any atom is -0.382 e. The van der Waals surface area contributed by atoms with Gasteiger partial charge in [-0.25, -0.2) is 9.38 Å². The molecule has 0 saturated carbocycles. The lowest BCUT2D eigenvalue weighted by molar-refractivity contribution is 0.0976. The fourth-order valence-electron chi connectivity index (χ4n) is 2.82. The number of benzene rings is 2. The number of halogens is 1. The summed E-state index contributed by atoms with van der Waals surface area (Å²) in [6.07, 6.45) is 0.371. The van der Waals surface area contributed by atoms with Gasteiger partial charge >= 0.3 is 0 Å². The normalized spacial score (nSPS) is 15.7. The molecule has 2 aromatic rings. The number of hydrazone groups is 1. The molecule has 1 heterocycles. The van der Waals surface area contributed by atoms with Crippen molar-refractivity contribution in [3.63, 3.8) is 0 Å². The van der Waals surface area contributed by atoms with Gasteiger partial charge in [0, 0.05) is 12.7 Å². The second-order valence-corrected chi connectivity index (χ2v) is 6.81. The van der Waals surface area contributed by atoms with Crippen molar-refractivity contribution in [2.24, 2.45) is 15.1 Å². The molecule has 2 N–H and O–H groups in total. The zero-order valence-corrected chi connectivity index (χ0v) is 17.1. The lowest BCUT2D eigenvalue weighted by Gasteiger charge is -2.10. The number of carbonyl (C=O) groups excluding carboxylic acids is 1. The predicted octanol–water partition coefficient (Wildman–Crippen LogP) is 2.61. The van der Waals surface area contributed by atoms with E-state index in [2.05, 4.69) is 25.8 Å². The number of methoxy groups -OCH3 is 1. The first-order valence-corrected chi connectivity index (χ1v) is 9.53. The number of nitrogens with zero attached hydrogens (tertiary/aromatic N) is 4. The quantitative estimate of drug-likeness (QED) is 0.572. The molecule has 8 nitrogen and oxygen atoms in total. The third kappa shape index (κ3) is 6.04. The highest BCUT2D eigenvalue weighted by molar-refractivity contribution is 6.18. The Morgan fingerprint density at radius 1 is 1.29 bits per heavy atom. The number of rotatable bonds is 5. The highest BCUT2D eigenvalue weighted by Crippen LogP contribution is 2.11. The third-order valence-electron chi connectivity index (χ3n) is 4.33. The van der Waals surface area contributed by atoms with Gasteiger partial charge in [0.05, 0.1) is 36.4 Å². The summed E-state index contributed by atoms with van der Waals surface area (Å²) in [5, 5.41) is 15.8. The number of nitrogens with one attached hydrogen (secondary N) is 2. The standard InChI is InChI=1S/C22H21FN6O2/c1-14(13-31-2)25-22(27-21(30)17-5-3-15(12-24)4-6-17)26-20-11-19(28-29-20)16-7-9-18(23)10-8-16/h3-10,14H,11,13H2,1-2H3,(H2,25,26,27,29,30)/t14-/m0/s1. The Morgan fingerprint density at radius 3 is 2.65 bits per heavy atom. The number of carbonyl (C=O) groups is 1. The van der Waals surface area contributed by atoms with Crippen LogP contribution in [0.5, 0.6) is 0 Å². The van der Waals surface area contributed by atoms with Gasteiger partial charge in [0.2, 0.25) is 5.96 Å². The second kappa shape index (κ2) is 10.2. The van der Waals surface area contributed by atoms with E-state index in [0.717, 1.165) is 5.56 Å². The van der Waals surface area contributed by atoms with E-state index < -0.39 is 5.91 Å². The maximum atomic E-state index is 13.1. The minimum absolute atomic E-state index is 0.108. The molecular formula is C22H21FN6O2. The first kappa shape index (κ1) is 21.8. The minimum atomic E-state index is -0.408. The molecule has 0 bridgehead atoms. The molecular weight excluding hydrogens is 399 g/mol. The van der Waals surface area contributed by atoms with Gasteiger partial charge in [-0.3, -0.25) is 15.5 Å². The second-order valence-electron chi connectivity index (χ2n) is 6.81. The summed E-state index contributed by atoms with van der Waals surface area (Å²) in [5.41, 5.74) is 5.12. The van der Waals surface area contributed by atoms with Crippen molar-refractivity contribution in [3.05, 3.63) is 71.0 Å². The molecule has 0 saturated heterocycles. The molecule has 31 heavy (non-hydrogen) atoms. The van der Waals surface area contributed by atoms with Crippen molar-refractivity contribution in [1.29, 1.82) is 5.26 Å². The zero-order chi connectivity index (χ0) is 22.2. The van der Waals surface area contributed by atoms with Crippen LogP contribution in [0.3, 0.4) is 0 Å². The molecule has 2 aromatic carbocycles. The van der Waals surface area contributed by atoms with E-state index in [-0.39, 0.29) is 17.8 Å². The van der Waals surface area contributed by atoms with Gasteiger partial charge in [-0.15, -0.1) is 0 Å². The van der Waals surface area contributed by atoms with Gasteiger partial charge in [0.1, 0.15) is 11.7 Å². The van der Waals surface area contributed by atoms with E-state index in [0.29, 0.717) is 35.7 Å². The van der Waals surface area contributed by atoms with Crippen LogP contribution >= 0.6 is 0 Å². The summed E-state index contributed by atoms with van der Waals surface area (Å²) >= 11 is 0.